The number of aryl methyl sites for hydroxylation is 1. The van der Waals surface area contributed by atoms with Gasteiger partial charge in [0.25, 0.3) is 0 Å². The average molecular weight is 316 g/mol. The third-order valence-electron chi connectivity index (χ3n) is 2.84. The standard InChI is InChI=1S/C13H16BrClN2/c1-9(2)5-6-17-12-4-3-10(14)7-11(12)16-13(17)8-15/h3-4,7,9H,5-6,8H2,1-2H3. The lowest BCUT2D eigenvalue weighted by Gasteiger charge is -2.09. The molecule has 0 saturated carbocycles. The first-order chi connectivity index (χ1) is 8.11. The number of nitrogens with zero attached hydrogens (tertiary/aromatic N) is 2. The number of hydrogen-bond acceptors (Lipinski definition) is 1. The molecule has 0 atom stereocenters. The molecule has 1 aromatic heterocycles. The SMILES string of the molecule is CC(C)CCn1c(CCl)nc2cc(Br)ccc21. The molecule has 1 aromatic carbocycles. The van der Waals surface area contributed by atoms with Crippen LogP contribution >= 0.6 is 27.5 Å². The Bertz CT molecular complexity index is 519. The Morgan fingerprint density at radius 1 is 1.41 bits per heavy atom. The van der Waals surface area contributed by atoms with Gasteiger partial charge in [-0.25, -0.2) is 4.98 Å². The molecular formula is C13H16BrClN2. The molecule has 4 heteroatoms. The van der Waals surface area contributed by atoms with Crippen LogP contribution in [0.25, 0.3) is 11.0 Å². The summed E-state index contributed by atoms with van der Waals surface area (Å²) in [5.74, 6) is 2.11. The summed E-state index contributed by atoms with van der Waals surface area (Å²) < 4.78 is 3.29. The maximum absolute atomic E-state index is 5.96. The lowest BCUT2D eigenvalue weighted by atomic mass is 10.1. The summed E-state index contributed by atoms with van der Waals surface area (Å²) in [5, 5.41) is 0. The fourth-order valence-corrected chi connectivity index (χ4v) is 2.44. The zero-order valence-corrected chi connectivity index (χ0v) is 12.4. The zero-order valence-electron chi connectivity index (χ0n) is 10.1. The molecule has 2 rings (SSSR count). The van der Waals surface area contributed by atoms with E-state index in [1.165, 1.54) is 5.52 Å². The molecule has 2 nitrogen and oxygen atoms in total. The number of imidazole rings is 1. The van der Waals surface area contributed by atoms with E-state index in [9.17, 15) is 0 Å². The third kappa shape index (κ3) is 2.83. The van der Waals surface area contributed by atoms with Crippen LogP contribution < -0.4 is 0 Å². The van der Waals surface area contributed by atoms with Gasteiger partial charge in [-0.2, -0.15) is 0 Å². The van der Waals surface area contributed by atoms with Crippen molar-refractivity contribution in [2.24, 2.45) is 5.92 Å². The lowest BCUT2D eigenvalue weighted by Crippen LogP contribution is -2.04. The summed E-state index contributed by atoms with van der Waals surface area (Å²) in [7, 11) is 0. The predicted octanol–water partition coefficient (Wildman–Crippen LogP) is 4.58. The van der Waals surface area contributed by atoms with Gasteiger partial charge in [-0.1, -0.05) is 29.8 Å². The fourth-order valence-electron chi connectivity index (χ4n) is 1.89. The fraction of sp³-hybridized carbons (Fsp3) is 0.462. The number of halogens is 2. The summed E-state index contributed by atoms with van der Waals surface area (Å²) in [6.07, 6.45) is 1.14. The lowest BCUT2D eigenvalue weighted by molar-refractivity contribution is 0.516. The molecule has 0 aliphatic rings. The van der Waals surface area contributed by atoms with E-state index in [2.05, 4.69) is 45.4 Å². The molecule has 92 valence electrons. The molecule has 0 fully saturated rings. The number of fused-ring (bicyclic) bond motifs is 1. The molecule has 0 radical (unpaired) electrons. The van der Waals surface area contributed by atoms with Crippen molar-refractivity contribution in [3.05, 3.63) is 28.5 Å². The van der Waals surface area contributed by atoms with E-state index in [0.717, 1.165) is 28.8 Å². The van der Waals surface area contributed by atoms with Crippen LogP contribution in [-0.4, -0.2) is 9.55 Å². The highest BCUT2D eigenvalue weighted by atomic mass is 79.9. The molecule has 1 heterocycles. The van der Waals surface area contributed by atoms with Gasteiger partial charge in [-0.05, 0) is 30.5 Å². The van der Waals surface area contributed by atoms with Crippen LogP contribution in [0.4, 0.5) is 0 Å². The van der Waals surface area contributed by atoms with Crippen LogP contribution in [0.5, 0.6) is 0 Å². The van der Waals surface area contributed by atoms with E-state index in [4.69, 9.17) is 11.6 Å². The minimum atomic E-state index is 0.463. The Kier molecular flexibility index (Phi) is 4.10. The summed E-state index contributed by atoms with van der Waals surface area (Å²) in [4.78, 5) is 4.57. The Morgan fingerprint density at radius 3 is 2.82 bits per heavy atom. The van der Waals surface area contributed by atoms with Crippen molar-refractivity contribution in [2.75, 3.05) is 0 Å². The molecule has 0 saturated heterocycles. The molecule has 0 aliphatic carbocycles. The minimum Gasteiger partial charge on any atom is -0.327 e. The van der Waals surface area contributed by atoms with Gasteiger partial charge in [0.05, 0.1) is 16.9 Å². The normalized spacial score (nSPS) is 11.6. The molecular weight excluding hydrogens is 300 g/mol. The number of alkyl halides is 1. The maximum Gasteiger partial charge on any atom is 0.124 e. The second-order valence-corrected chi connectivity index (χ2v) is 5.81. The molecule has 17 heavy (non-hydrogen) atoms. The van der Waals surface area contributed by atoms with Crippen molar-refractivity contribution < 1.29 is 0 Å². The predicted molar refractivity (Wildman–Crippen MR) is 76.4 cm³/mol. The number of benzene rings is 1. The van der Waals surface area contributed by atoms with Crippen LogP contribution in [0.3, 0.4) is 0 Å². The molecule has 2 aromatic rings. The first-order valence-electron chi connectivity index (χ1n) is 5.82. The van der Waals surface area contributed by atoms with Gasteiger partial charge in [0, 0.05) is 11.0 Å². The number of aromatic nitrogens is 2. The second-order valence-electron chi connectivity index (χ2n) is 4.63. The van der Waals surface area contributed by atoms with Gasteiger partial charge in [-0.15, -0.1) is 11.6 Å². The van der Waals surface area contributed by atoms with Crippen LogP contribution in [0, 0.1) is 5.92 Å². The van der Waals surface area contributed by atoms with Crippen molar-refractivity contribution in [3.63, 3.8) is 0 Å². The van der Waals surface area contributed by atoms with Gasteiger partial charge < -0.3 is 4.57 Å². The quantitative estimate of drug-likeness (QED) is 0.755. The van der Waals surface area contributed by atoms with E-state index in [1.54, 1.807) is 0 Å². The highest BCUT2D eigenvalue weighted by Gasteiger charge is 2.10. The Balaban J connectivity index is 2.43. The van der Waals surface area contributed by atoms with E-state index < -0.39 is 0 Å². The molecule has 0 unspecified atom stereocenters. The van der Waals surface area contributed by atoms with Crippen LogP contribution in [0.1, 0.15) is 26.1 Å². The number of rotatable bonds is 4. The van der Waals surface area contributed by atoms with Crippen molar-refractivity contribution in [1.82, 2.24) is 9.55 Å². The Labute approximate surface area is 115 Å². The van der Waals surface area contributed by atoms with Gasteiger partial charge in [0.2, 0.25) is 0 Å². The van der Waals surface area contributed by atoms with Crippen molar-refractivity contribution in [3.8, 4) is 0 Å². The summed E-state index contributed by atoms with van der Waals surface area (Å²) >= 11 is 9.43. The first kappa shape index (κ1) is 12.9. The van der Waals surface area contributed by atoms with Gasteiger partial charge >= 0.3 is 0 Å². The van der Waals surface area contributed by atoms with Gasteiger partial charge in [0.15, 0.2) is 0 Å². The topological polar surface area (TPSA) is 17.8 Å². The summed E-state index contributed by atoms with van der Waals surface area (Å²) in [6.45, 7) is 5.45. The van der Waals surface area contributed by atoms with Crippen molar-refractivity contribution >= 4 is 38.6 Å². The largest absolute Gasteiger partial charge is 0.327 e. The van der Waals surface area contributed by atoms with Crippen LogP contribution in [-0.2, 0) is 12.4 Å². The van der Waals surface area contributed by atoms with Crippen LogP contribution in [0.15, 0.2) is 22.7 Å². The Hall–Kier alpha value is -0.540. The molecule has 0 spiro atoms. The second kappa shape index (κ2) is 5.40. The molecule has 0 bridgehead atoms. The average Bonchev–Trinajstić information content (AvgIpc) is 2.63. The van der Waals surface area contributed by atoms with Gasteiger partial charge in [-0.3, -0.25) is 0 Å². The minimum absolute atomic E-state index is 0.463. The van der Waals surface area contributed by atoms with Crippen molar-refractivity contribution in [1.29, 1.82) is 0 Å². The monoisotopic (exact) mass is 314 g/mol. The molecule has 0 aliphatic heterocycles. The van der Waals surface area contributed by atoms with E-state index in [1.807, 2.05) is 12.1 Å². The smallest absolute Gasteiger partial charge is 0.124 e. The maximum atomic E-state index is 5.96. The van der Waals surface area contributed by atoms with E-state index >= 15 is 0 Å². The number of hydrogen-bond donors (Lipinski definition) is 0. The zero-order chi connectivity index (χ0) is 12.4. The van der Waals surface area contributed by atoms with Crippen molar-refractivity contribution in [2.45, 2.75) is 32.7 Å². The van der Waals surface area contributed by atoms with E-state index in [0.29, 0.717) is 11.8 Å². The molecule has 0 amide bonds. The van der Waals surface area contributed by atoms with Crippen LogP contribution in [0.2, 0.25) is 0 Å². The summed E-state index contributed by atoms with van der Waals surface area (Å²) in [6, 6.07) is 6.19. The highest BCUT2D eigenvalue weighted by molar-refractivity contribution is 9.10. The highest BCUT2D eigenvalue weighted by Crippen LogP contribution is 2.22. The van der Waals surface area contributed by atoms with E-state index in [-0.39, 0.29) is 0 Å². The van der Waals surface area contributed by atoms with Gasteiger partial charge in [0.1, 0.15) is 5.82 Å². The first-order valence-corrected chi connectivity index (χ1v) is 7.15. The molecule has 0 N–H and O–H groups in total. The third-order valence-corrected chi connectivity index (χ3v) is 3.57. The Morgan fingerprint density at radius 2 is 2.18 bits per heavy atom. The summed E-state index contributed by atoms with van der Waals surface area (Å²) in [5.41, 5.74) is 2.18.